The van der Waals surface area contributed by atoms with Crippen LogP contribution in [0.3, 0.4) is 0 Å². The van der Waals surface area contributed by atoms with Gasteiger partial charge in [0.2, 0.25) is 0 Å². The van der Waals surface area contributed by atoms with Crippen molar-refractivity contribution in [1.82, 2.24) is 5.32 Å². The normalized spacial score (nSPS) is 11.7. The van der Waals surface area contributed by atoms with E-state index < -0.39 is 0 Å². The molecule has 4 heteroatoms. The van der Waals surface area contributed by atoms with E-state index >= 15 is 0 Å². The van der Waals surface area contributed by atoms with Gasteiger partial charge in [-0.15, -0.1) is 0 Å². The maximum Gasteiger partial charge on any atom is 0.258 e. The zero-order valence-corrected chi connectivity index (χ0v) is 13.3. The quantitative estimate of drug-likeness (QED) is 0.805. The molecule has 1 atom stereocenters. The fourth-order valence-corrected chi connectivity index (χ4v) is 2.15. The summed E-state index contributed by atoms with van der Waals surface area (Å²) in [5.74, 6) is 0.577. The monoisotopic (exact) mass is 381 g/mol. The summed E-state index contributed by atoms with van der Waals surface area (Å²) in [6, 6.07) is 17.4. The Morgan fingerprint density at radius 1 is 1.15 bits per heavy atom. The molecule has 1 N–H and O–H groups in total. The number of ether oxygens (including phenoxy) is 1. The molecule has 0 heterocycles. The van der Waals surface area contributed by atoms with Crippen LogP contribution in [0.1, 0.15) is 18.5 Å². The molecule has 0 aliphatic rings. The number of carbonyl (C=O) groups excluding carboxylic acids is 1. The van der Waals surface area contributed by atoms with Gasteiger partial charge in [0.05, 0.1) is 6.04 Å². The summed E-state index contributed by atoms with van der Waals surface area (Å²) in [5.41, 5.74) is 1.08. The Labute approximate surface area is 132 Å². The van der Waals surface area contributed by atoms with Gasteiger partial charge in [-0.3, -0.25) is 4.79 Å². The number of nitrogens with one attached hydrogen (secondary N) is 1. The van der Waals surface area contributed by atoms with Crippen LogP contribution in [0.5, 0.6) is 5.75 Å². The SMILES string of the molecule is CC(NC(=O)COc1ccc(I)cc1)c1ccccc1. The van der Waals surface area contributed by atoms with Crippen LogP contribution in [0.2, 0.25) is 0 Å². The van der Waals surface area contributed by atoms with Gasteiger partial charge >= 0.3 is 0 Å². The zero-order chi connectivity index (χ0) is 14.4. The Hall–Kier alpha value is -1.56. The highest BCUT2D eigenvalue weighted by molar-refractivity contribution is 14.1. The van der Waals surface area contributed by atoms with Crippen molar-refractivity contribution in [3.8, 4) is 5.75 Å². The fraction of sp³-hybridized carbons (Fsp3) is 0.188. The van der Waals surface area contributed by atoms with Gasteiger partial charge in [0.1, 0.15) is 5.75 Å². The van der Waals surface area contributed by atoms with Gasteiger partial charge in [-0.2, -0.15) is 0 Å². The molecular weight excluding hydrogens is 365 g/mol. The third kappa shape index (κ3) is 4.52. The molecule has 3 nitrogen and oxygen atoms in total. The van der Waals surface area contributed by atoms with Gasteiger partial charge in [0.25, 0.3) is 5.91 Å². The molecule has 0 saturated carbocycles. The van der Waals surface area contributed by atoms with Gasteiger partial charge in [0.15, 0.2) is 6.61 Å². The molecule has 2 aromatic carbocycles. The number of benzene rings is 2. The Morgan fingerprint density at radius 2 is 1.80 bits per heavy atom. The lowest BCUT2D eigenvalue weighted by Crippen LogP contribution is -2.31. The number of rotatable bonds is 5. The van der Waals surface area contributed by atoms with E-state index in [0.717, 1.165) is 9.13 Å². The van der Waals surface area contributed by atoms with Crippen molar-refractivity contribution < 1.29 is 9.53 Å². The molecule has 0 saturated heterocycles. The van der Waals surface area contributed by atoms with Crippen LogP contribution >= 0.6 is 22.6 Å². The smallest absolute Gasteiger partial charge is 0.258 e. The summed E-state index contributed by atoms with van der Waals surface area (Å²) in [6.45, 7) is 1.98. The van der Waals surface area contributed by atoms with E-state index in [0.29, 0.717) is 5.75 Å². The van der Waals surface area contributed by atoms with Gasteiger partial charge in [0, 0.05) is 3.57 Å². The largest absolute Gasteiger partial charge is 0.484 e. The second-order valence-corrected chi connectivity index (χ2v) is 5.69. The van der Waals surface area contributed by atoms with Gasteiger partial charge < -0.3 is 10.1 Å². The minimum absolute atomic E-state index is 0.0241. The first-order chi connectivity index (χ1) is 9.65. The van der Waals surface area contributed by atoms with Crippen LogP contribution in [-0.4, -0.2) is 12.5 Å². The Morgan fingerprint density at radius 3 is 2.45 bits per heavy atom. The molecule has 0 aliphatic carbocycles. The second-order valence-electron chi connectivity index (χ2n) is 4.44. The molecule has 2 aromatic rings. The van der Waals surface area contributed by atoms with E-state index in [1.165, 1.54) is 0 Å². The first-order valence-electron chi connectivity index (χ1n) is 6.38. The summed E-state index contributed by atoms with van der Waals surface area (Å²) in [6.07, 6.45) is 0. The van der Waals surface area contributed by atoms with Crippen LogP contribution in [0.15, 0.2) is 54.6 Å². The summed E-state index contributed by atoms with van der Waals surface area (Å²) >= 11 is 2.23. The van der Waals surface area contributed by atoms with E-state index in [1.807, 2.05) is 61.5 Å². The highest BCUT2D eigenvalue weighted by Crippen LogP contribution is 2.14. The van der Waals surface area contributed by atoms with E-state index in [4.69, 9.17) is 4.74 Å². The van der Waals surface area contributed by atoms with Crippen molar-refractivity contribution in [2.24, 2.45) is 0 Å². The van der Waals surface area contributed by atoms with E-state index in [1.54, 1.807) is 0 Å². The van der Waals surface area contributed by atoms with E-state index in [-0.39, 0.29) is 18.6 Å². The van der Waals surface area contributed by atoms with Crippen molar-refractivity contribution in [3.05, 3.63) is 63.7 Å². The molecule has 0 bridgehead atoms. The number of carbonyl (C=O) groups is 1. The first-order valence-corrected chi connectivity index (χ1v) is 7.45. The molecule has 1 unspecified atom stereocenters. The lowest BCUT2D eigenvalue weighted by atomic mass is 10.1. The average molecular weight is 381 g/mol. The predicted molar refractivity (Wildman–Crippen MR) is 87.7 cm³/mol. The highest BCUT2D eigenvalue weighted by Gasteiger charge is 2.09. The summed E-state index contributed by atoms with van der Waals surface area (Å²) in [5, 5.41) is 2.91. The lowest BCUT2D eigenvalue weighted by Gasteiger charge is -2.14. The van der Waals surface area contributed by atoms with Gasteiger partial charge in [-0.05, 0) is 59.3 Å². The first kappa shape index (κ1) is 14.8. The highest BCUT2D eigenvalue weighted by atomic mass is 127. The number of hydrogen-bond acceptors (Lipinski definition) is 2. The van der Waals surface area contributed by atoms with Crippen LogP contribution < -0.4 is 10.1 Å². The molecule has 104 valence electrons. The van der Waals surface area contributed by atoms with Crippen LogP contribution in [0.4, 0.5) is 0 Å². The third-order valence-electron chi connectivity index (χ3n) is 2.86. The maximum atomic E-state index is 11.8. The van der Waals surface area contributed by atoms with Crippen LogP contribution in [-0.2, 0) is 4.79 Å². The van der Waals surface area contributed by atoms with Gasteiger partial charge in [-0.25, -0.2) is 0 Å². The van der Waals surface area contributed by atoms with Crippen molar-refractivity contribution in [1.29, 1.82) is 0 Å². The fourth-order valence-electron chi connectivity index (χ4n) is 1.79. The average Bonchev–Trinajstić information content (AvgIpc) is 2.47. The van der Waals surface area contributed by atoms with Crippen molar-refractivity contribution in [3.63, 3.8) is 0 Å². The molecule has 20 heavy (non-hydrogen) atoms. The Bertz CT molecular complexity index is 554. The van der Waals surface area contributed by atoms with Crippen LogP contribution in [0.25, 0.3) is 0 Å². The minimum Gasteiger partial charge on any atom is -0.484 e. The Balaban J connectivity index is 1.82. The number of halogens is 1. The molecule has 0 fully saturated rings. The molecule has 2 rings (SSSR count). The molecular formula is C16H16INO2. The molecule has 0 aromatic heterocycles. The second kappa shape index (κ2) is 7.28. The summed E-state index contributed by atoms with van der Waals surface area (Å²) in [7, 11) is 0. The minimum atomic E-state index is -0.125. The molecule has 0 spiro atoms. The van der Waals surface area contributed by atoms with E-state index in [2.05, 4.69) is 27.9 Å². The zero-order valence-electron chi connectivity index (χ0n) is 11.2. The van der Waals surface area contributed by atoms with Crippen LogP contribution in [0, 0.1) is 3.57 Å². The standard InChI is InChI=1S/C16H16INO2/c1-12(13-5-3-2-4-6-13)18-16(19)11-20-15-9-7-14(17)8-10-15/h2-10,12H,11H2,1H3,(H,18,19). The third-order valence-corrected chi connectivity index (χ3v) is 3.58. The predicted octanol–water partition coefficient (Wildman–Crippen LogP) is 3.55. The van der Waals surface area contributed by atoms with Crippen molar-refractivity contribution >= 4 is 28.5 Å². The molecule has 0 radical (unpaired) electrons. The Kier molecular flexibility index (Phi) is 5.40. The number of hydrogen-bond donors (Lipinski definition) is 1. The molecule has 0 aliphatic heterocycles. The van der Waals surface area contributed by atoms with E-state index in [9.17, 15) is 4.79 Å². The number of amides is 1. The van der Waals surface area contributed by atoms with Crippen molar-refractivity contribution in [2.75, 3.05) is 6.61 Å². The summed E-state index contributed by atoms with van der Waals surface area (Å²) in [4.78, 5) is 11.8. The summed E-state index contributed by atoms with van der Waals surface area (Å²) < 4.78 is 6.58. The van der Waals surface area contributed by atoms with Crippen molar-refractivity contribution in [2.45, 2.75) is 13.0 Å². The lowest BCUT2D eigenvalue weighted by molar-refractivity contribution is -0.123. The maximum absolute atomic E-state index is 11.8. The molecule has 1 amide bonds. The topological polar surface area (TPSA) is 38.3 Å². The van der Waals surface area contributed by atoms with Gasteiger partial charge in [-0.1, -0.05) is 30.3 Å².